The lowest BCUT2D eigenvalue weighted by Crippen LogP contribution is -2.18. The molecule has 1 aromatic carbocycles. The normalized spacial score (nSPS) is 18.1. The number of methoxy groups -OCH3 is 1. The predicted molar refractivity (Wildman–Crippen MR) is 86.4 cm³/mol. The number of nitrogens with one attached hydrogen (secondary N) is 1. The lowest BCUT2D eigenvalue weighted by Gasteiger charge is -2.15. The van der Waals surface area contributed by atoms with E-state index >= 15 is 0 Å². The van der Waals surface area contributed by atoms with Crippen LogP contribution in [0, 0.1) is 0 Å². The van der Waals surface area contributed by atoms with Crippen molar-refractivity contribution in [3.05, 3.63) is 45.6 Å². The molecule has 0 fully saturated rings. The van der Waals surface area contributed by atoms with Gasteiger partial charge in [0.25, 0.3) is 0 Å². The maximum Gasteiger partial charge on any atom is 0.123 e. The van der Waals surface area contributed by atoms with Gasteiger partial charge in [-0.05, 0) is 48.4 Å². The fourth-order valence-corrected chi connectivity index (χ4v) is 3.47. The molecule has 1 aliphatic rings. The average Bonchev–Trinajstić information content (AvgIpc) is 3.11. The summed E-state index contributed by atoms with van der Waals surface area (Å²) >= 11 is 1.73. The first kappa shape index (κ1) is 14.4. The molecule has 0 aliphatic carbocycles. The number of thiophene rings is 1. The molecule has 1 aliphatic heterocycles. The van der Waals surface area contributed by atoms with E-state index in [1.807, 2.05) is 0 Å². The molecule has 4 heteroatoms. The molecule has 0 bridgehead atoms. The van der Waals surface area contributed by atoms with Gasteiger partial charge < -0.3 is 14.8 Å². The van der Waals surface area contributed by atoms with E-state index in [4.69, 9.17) is 9.47 Å². The van der Waals surface area contributed by atoms with Gasteiger partial charge in [-0.1, -0.05) is 0 Å². The number of ether oxygens (including phenoxy) is 2. The summed E-state index contributed by atoms with van der Waals surface area (Å²) in [5.41, 5.74) is 3.71. The molecule has 0 radical (unpaired) electrons. The third kappa shape index (κ3) is 3.06. The van der Waals surface area contributed by atoms with E-state index in [0.29, 0.717) is 6.04 Å². The molecule has 2 heterocycles. The summed E-state index contributed by atoms with van der Waals surface area (Å²) in [5.74, 6) is 1.94. The maximum absolute atomic E-state index is 5.84. The van der Waals surface area contributed by atoms with Crippen LogP contribution in [0.1, 0.15) is 36.6 Å². The van der Waals surface area contributed by atoms with E-state index in [1.165, 1.54) is 11.1 Å². The van der Waals surface area contributed by atoms with Gasteiger partial charge in [-0.15, -0.1) is 0 Å². The minimum Gasteiger partial charge on any atom is -0.496 e. The zero-order valence-electron chi connectivity index (χ0n) is 12.7. The van der Waals surface area contributed by atoms with E-state index in [2.05, 4.69) is 48.1 Å². The van der Waals surface area contributed by atoms with E-state index in [1.54, 1.807) is 18.4 Å². The molecule has 0 saturated carbocycles. The van der Waals surface area contributed by atoms with Crippen LogP contribution < -0.4 is 14.8 Å². The van der Waals surface area contributed by atoms with Crippen molar-refractivity contribution in [2.45, 2.75) is 39.0 Å². The maximum atomic E-state index is 5.84. The molecule has 2 unspecified atom stereocenters. The molecular formula is C17H21NO2S. The summed E-state index contributed by atoms with van der Waals surface area (Å²) in [6.07, 6.45) is 1.22. The van der Waals surface area contributed by atoms with Crippen LogP contribution in [-0.2, 0) is 13.0 Å². The van der Waals surface area contributed by atoms with Crippen LogP contribution in [0.3, 0.4) is 0 Å². The molecule has 0 amide bonds. The Morgan fingerprint density at radius 2 is 2.33 bits per heavy atom. The second kappa shape index (κ2) is 6.08. The molecule has 2 aromatic rings. The van der Waals surface area contributed by atoms with Crippen LogP contribution in [0.2, 0.25) is 0 Å². The smallest absolute Gasteiger partial charge is 0.123 e. The standard InChI is InChI=1S/C17H21NO2S/c1-11-6-14-7-16(19-3)15(8-17(14)20-11)9-18-12(2)13-4-5-21-10-13/h4-5,7-8,10-12,18H,6,9H2,1-3H3. The number of benzene rings is 1. The van der Waals surface area contributed by atoms with Crippen molar-refractivity contribution in [2.24, 2.45) is 0 Å². The Morgan fingerprint density at radius 3 is 3.05 bits per heavy atom. The Labute approximate surface area is 129 Å². The SMILES string of the molecule is COc1cc2c(cc1CNC(C)c1ccsc1)OC(C)C2. The van der Waals surface area contributed by atoms with Crippen molar-refractivity contribution >= 4 is 11.3 Å². The third-order valence-electron chi connectivity index (χ3n) is 3.94. The van der Waals surface area contributed by atoms with Crippen LogP contribution in [0.15, 0.2) is 29.0 Å². The first-order valence-electron chi connectivity index (χ1n) is 7.29. The Kier molecular flexibility index (Phi) is 4.17. The third-order valence-corrected chi connectivity index (χ3v) is 4.64. The number of fused-ring (bicyclic) bond motifs is 1. The highest BCUT2D eigenvalue weighted by Crippen LogP contribution is 2.35. The second-order valence-corrected chi connectivity index (χ2v) is 6.34. The first-order valence-corrected chi connectivity index (χ1v) is 8.23. The topological polar surface area (TPSA) is 30.5 Å². The molecule has 112 valence electrons. The van der Waals surface area contributed by atoms with Gasteiger partial charge in [-0.25, -0.2) is 0 Å². The van der Waals surface area contributed by atoms with Gasteiger partial charge in [-0.2, -0.15) is 11.3 Å². The molecule has 0 saturated heterocycles. The molecule has 2 atom stereocenters. The lowest BCUT2D eigenvalue weighted by atomic mass is 10.1. The Morgan fingerprint density at radius 1 is 1.48 bits per heavy atom. The second-order valence-electron chi connectivity index (χ2n) is 5.56. The summed E-state index contributed by atoms with van der Waals surface area (Å²) in [5, 5.41) is 7.84. The predicted octanol–water partition coefficient (Wildman–Crippen LogP) is 3.93. The lowest BCUT2D eigenvalue weighted by molar-refractivity contribution is 0.254. The summed E-state index contributed by atoms with van der Waals surface area (Å²) in [6, 6.07) is 6.72. The van der Waals surface area contributed by atoms with Gasteiger partial charge in [0.05, 0.1) is 7.11 Å². The largest absolute Gasteiger partial charge is 0.496 e. The highest BCUT2D eigenvalue weighted by Gasteiger charge is 2.21. The van der Waals surface area contributed by atoms with Crippen molar-refractivity contribution < 1.29 is 9.47 Å². The minimum atomic E-state index is 0.262. The molecule has 21 heavy (non-hydrogen) atoms. The van der Waals surface area contributed by atoms with Crippen molar-refractivity contribution in [1.82, 2.24) is 5.32 Å². The summed E-state index contributed by atoms with van der Waals surface area (Å²) in [6.45, 7) is 5.05. The van der Waals surface area contributed by atoms with Crippen molar-refractivity contribution in [3.63, 3.8) is 0 Å². The van der Waals surface area contributed by atoms with E-state index < -0.39 is 0 Å². The van der Waals surface area contributed by atoms with Crippen LogP contribution in [-0.4, -0.2) is 13.2 Å². The highest BCUT2D eigenvalue weighted by molar-refractivity contribution is 7.07. The fraction of sp³-hybridized carbons (Fsp3) is 0.412. The number of hydrogen-bond donors (Lipinski definition) is 1. The summed E-state index contributed by atoms with van der Waals surface area (Å²) < 4.78 is 11.4. The van der Waals surface area contributed by atoms with E-state index in [0.717, 1.165) is 30.0 Å². The summed E-state index contributed by atoms with van der Waals surface area (Å²) in [7, 11) is 1.73. The zero-order valence-corrected chi connectivity index (χ0v) is 13.5. The van der Waals surface area contributed by atoms with Crippen LogP contribution >= 0.6 is 11.3 Å². The quantitative estimate of drug-likeness (QED) is 0.908. The molecule has 3 nitrogen and oxygen atoms in total. The fourth-order valence-electron chi connectivity index (χ4n) is 2.71. The minimum absolute atomic E-state index is 0.262. The van der Waals surface area contributed by atoms with Crippen LogP contribution in [0.5, 0.6) is 11.5 Å². The van der Waals surface area contributed by atoms with Gasteiger partial charge in [0.2, 0.25) is 0 Å². The van der Waals surface area contributed by atoms with Gasteiger partial charge in [0, 0.05) is 30.1 Å². The van der Waals surface area contributed by atoms with Gasteiger partial charge >= 0.3 is 0 Å². The zero-order chi connectivity index (χ0) is 14.8. The Balaban J connectivity index is 1.74. The highest BCUT2D eigenvalue weighted by atomic mass is 32.1. The van der Waals surface area contributed by atoms with Crippen molar-refractivity contribution in [3.8, 4) is 11.5 Å². The Bertz CT molecular complexity index is 610. The molecule has 3 rings (SSSR count). The van der Waals surface area contributed by atoms with E-state index in [-0.39, 0.29) is 6.10 Å². The number of rotatable bonds is 5. The number of hydrogen-bond acceptors (Lipinski definition) is 4. The Hall–Kier alpha value is -1.52. The first-order chi connectivity index (χ1) is 10.2. The summed E-state index contributed by atoms with van der Waals surface area (Å²) in [4.78, 5) is 0. The van der Waals surface area contributed by atoms with Gasteiger partial charge in [0.1, 0.15) is 17.6 Å². The van der Waals surface area contributed by atoms with Crippen molar-refractivity contribution in [1.29, 1.82) is 0 Å². The molecular weight excluding hydrogens is 282 g/mol. The van der Waals surface area contributed by atoms with Crippen molar-refractivity contribution in [2.75, 3.05) is 7.11 Å². The average molecular weight is 303 g/mol. The van der Waals surface area contributed by atoms with Gasteiger partial charge in [-0.3, -0.25) is 0 Å². The molecule has 1 aromatic heterocycles. The van der Waals surface area contributed by atoms with E-state index in [9.17, 15) is 0 Å². The molecule has 1 N–H and O–H groups in total. The monoisotopic (exact) mass is 303 g/mol. The molecule has 0 spiro atoms. The van der Waals surface area contributed by atoms with Crippen LogP contribution in [0.4, 0.5) is 0 Å². The van der Waals surface area contributed by atoms with Gasteiger partial charge in [0.15, 0.2) is 0 Å². The van der Waals surface area contributed by atoms with Crippen LogP contribution in [0.25, 0.3) is 0 Å².